The van der Waals surface area contributed by atoms with Crippen LogP contribution in [0.2, 0.25) is 0 Å². The molecule has 1 aromatic rings. The number of methoxy groups -OCH3 is 1. The second-order valence-corrected chi connectivity index (χ2v) is 6.20. The molecular formula is C19H27NO3. The van der Waals surface area contributed by atoms with Crippen molar-refractivity contribution in [2.75, 3.05) is 7.11 Å². The molecule has 1 aromatic carbocycles. The van der Waals surface area contributed by atoms with E-state index in [1.165, 1.54) is 7.11 Å². The molecule has 0 aromatic heterocycles. The summed E-state index contributed by atoms with van der Waals surface area (Å²) in [6.07, 6.45) is 10.3. The zero-order chi connectivity index (χ0) is 16.7. The third-order valence-corrected chi connectivity index (χ3v) is 4.39. The van der Waals surface area contributed by atoms with Gasteiger partial charge in [0.2, 0.25) is 5.91 Å². The third-order valence-electron chi connectivity index (χ3n) is 4.39. The molecule has 1 aliphatic carbocycles. The predicted octanol–water partition coefficient (Wildman–Crippen LogP) is 3.58. The largest absolute Gasteiger partial charge is 0.504 e. The first kappa shape index (κ1) is 17.4. The molecule has 23 heavy (non-hydrogen) atoms. The van der Waals surface area contributed by atoms with Crippen LogP contribution in [0.3, 0.4) is 0 Å². The number of phenolic OH excluding ortho intramolecular Hbond substituents is 1. The van der Waals surface area contributed by atoms with E-state index in [0.717, 1.165) is 37.7 Å². The summed E-state index contributed by atoms with van der Waals surface area (Å²) >= 11 is 0. The number of phenols is 1. The number of amides is 1. The predicted molar refractivity (Wildman–Crippen MR) is 91.7 cm³/mol. The molecule has 2 rings (SSSR count). The van der Waals surface area contributed by atoms with Crippen molar-refractivity contribution >= 4 is 5.91 Å². The van der Waals surface area contributed by atoms with Crippen LogP contribution in [-0.4, -0.2) is 24.2 Å². The van der Waals surface area contributed by atoms with Crippen molar-refractivity contribution in [3.05, 3.63) is 35.9 Å². The van der Waals surface area contributed by atoms with Gasteiger partial charge >= 0.3 is 0 Å². The van der Waals surface area contributed by atoms with Gasteiger partial charge in [0.25, 0.3) is 0 Å². The second-order valence-electron chi connectivity index (χ2n) is 6.20. The normalized spacial score (nSPS) is 21.3. The molecule has 4 nitrogen and oxygen atoms in total. The summed E-state index contributed by atoms with van der Waals surface area (Å²) in [5, 5.41) is 12.7. The van der Waals surface area contributed by atoms with Crippen LogP contribution < -0.4 is 10.1 Å². The van der Waals surface area contributed by atoms with Crippen LogP contribution in [0.1, 0.15) is 44.6 Å². The lowest BCUT2D eigenvalue weighted by Gasteiger charge is -2.27. The zero-order valence-electron chi connectivity index (χ0n) is 14.0. The number of hydrogen-bond donors (Lipinski definition) is 2. The highest BCUT2D eigenvalue weighted by molar-refractivity contribution is 5.79. The maximum Gasteiger partial charge on any atom is 0.224 e. The first-order chi connectivity index (χ1) is 11.1. The minimum absolute atomic E-state index is 0.0327. The highest BCUT2D eigenvalue weighted by atomic mass is 16.5. The fraction of sp³-hybridized carbons (Fsp3) is 0.526. The monoisotopic (exact) mass is 317 g/mol. The van der Waals surface area contributed by atoms with E-state index in [1.807, 2.05) is 0 Å². The van der Waals surface area contributed by atoms with Gasteiger partial charge in [0.05, 0.1) is 13.5 Å². The molecule has 4 heteroatoms. The van der Waals surface area contributed by atoms with Crippen LogP contribution in [0.5, 0.6) is 11.5 Å². The van der Waals surface area contributed by atoms with Gasteiger partial charge in [-0.15, -0.1) is 0 Å². The van der Waals surface area contributed by atoms with Crippen molar-refractivity contribution < 1.29 is 14.6 Å². The first-order valence-electron chi connectivity index (χ1n) is 8.44. The molecule has 0 heterocycles. The number of hydrogen-bond acceptors (Lipinski definition) is 3. The fourth-order valence-electron chi connectivity index (χ4n) is 3.08. The Morgan fingerprint density at radius 1 is 1.35 bits per heavy atom. The smallest absolute Gasteiger partial charge is 0.224 e. The van der Waals surface area contributed by atoms with Crippen molar-refractivity contribution in [2.45, 2.75) is 51.5 Å². The lowest BCUT2D eigenvalue weighted by atomic mass is 9.85. The summed E-state index contributed by atoms with van der Waals surface area (Å²) in [7, 11) is 1.50. The minimum atomic E-state index is 0.0327. The Balaban J connectivity index is 1.80. The summed E-state index contributed by atoms with van der Waals surface area (Å²) < 4.78 is 5.07. The average Bonchev–Trinajstić information content (AvgIpc) is 2.56. The molecule has 0 spiro atoms. The number of benzene rings is 1. The Bertz CT molecular complexity index is 546. The Morgan fingerprint density at radius 3 is 2.74 bits per heavy atom. The fourth-order valence-corrected chi connectivity index (χ4v) is 3.08. The average molecular weight is 317 g/mol. The highest BCUT2D eigenvalue weighted by Crippen LogP contribution is 2.27. The van der Waals surface area contributed by atoms with E-state index < -0.39 is 0 Å². The van der Waals surface area contributed by atoms with E-state index in [4.69, 9.17) is 4.74 Å². The quantitative estimate of drug-likeness (QED) is 0.788. The Kier molecular flexibility index (Phi) is 6.51. The van der Waals surface area contributed by atoms with E-state index in [9.17, 15) is 9.90 Å². The number of nitrogens with one attached hydrogen (secondary N) is 1. The van der Waals surface area contributed by atoms with E-state index in [-0.39, 0.29) is 17.7 Å². The van der Waals surface area contributed by atoms with Crippen molar-refractivity contribution in [1.82, 2.24) is 5.32 Å². The second kappa shape index (κ2) is 8.61. The summed E-state index contributed by atoms with van der Waals surface area (Å²) in [5.74, 6) is 1.20. The van der Waals surface area contributed by atoms with Crippen LogP contribution in [-0.2, 0) is 11.2 Å². The molecule has 1 amide bonds. The maximum atomic E-state index is 12.2. The summed E-state index contributed by atoms with van der Waals surface area (Å²) in [5.41, 5.74) is 0.844. The standard InChI is InChI=1S/C19H27NO3/c1-3-4-5-14-6-9-16(10-7-14)20-19(22)13-15-8-11-17(21)18(12-15)23-2/h4-5,8,11-12,14,16,21H,3,6-7,9-10,13H2,1-2H3,(H,20,22)/b5-4-/t14-,16-. The lowest BCUT2D eigenvalue weighted by Crippen LogP contribution is -2.38. The van der Waals surface area contributed by atoms with Crippen molar-refractivity contribution in [2.24, 2.45) is 5.92 Å². The van der Waals surface area contributed by atoms with Gasteiger partial charge in [-0.3, -0.25) is 4.79 Å². The van der Waals surface area contributed by atoms with Crippen molar-refractivity contribution in [3.8, 4) is 11.5 Å². The number of carbonyl (C=O) groups is 1. The third kappa shape index (κ3) is 5.31. The molecule has 0 unspecified atom stereocenters. The molecule has 0 aliphatic heterocycles. The lowest BCUT2D eigenvalue weighted by molar-refractivity contribution is -0.121. The minimum Gasteiger partial charge on any atom is -0.504 e. The Labute approximate surface area is 138 Å². The molecule has 0 radical (unpaired) electrons. The van der Waals surface area contributed by atoms with Gasteiger partial charge in [-0.1, -0.05) is 25.1 Å². The van der Waals surface area contributed by atoms with Crippen molar-refractivity contribution in [1.29, 1.82) is 0 Å². The highest BCUT2D eigenvalue weighted by Gasteiger charge is 2.21. The number of rotatable bonds is 6. The molecule has 0 atom stereocenters. The zero-order valence-corrected chi connectivity index (χ0v) is 14.0. The van der Waals surface area contributed by atoms with Crippen LogP contribution in [0.4, 0.5) is 0 Å². The number of carbonyl (C=O) groups excluding carboxylic acids is 1. The Hall–Kier alpha value is -1.97. The van der Waals surface area contributed by atoms with E-state index in [1.54, 1.807) is 18.2 Å². The van der Waals surface area contributed by atoms with Gasteiger partial charge < -0.3 is 15.2 Å². The molecule has 1 fully saturated rings. The van der Waals surface area contributed by atoms with Crippen molar-refractivity contribution in [3.63, 3.8) is 0 Å². The topological polar surface area (TPSA) is 58.6 Å². The molecule has 1 aliphatic rings. The van der Waals surface area contributed by atoms with Gasteiger partial charge in [-0.2, -0.15) is 0 Å². The van der Waals surface area contributed by atoms with E-state index in [0.29, 0.717) is 18.1 Å². The SMILES string of the molecule is CC/C=C\[C@H]1CC[C@H](NC(=O)Cc2ccc(O)c(OC)c2)CC1. The van der Waals surface area contributed by atoms with Gasteiger partial charge in [-0.25, -0.2) is 0 Å². The van der Waals surface area contributed by atoms with E-state index >= 15 is 0 Å². The molecule has 126 valence electrons. The number of aromatic hydroxyl groups is 1. The molecule has 0 saturated heterocycles. The van der Waals surface area contributed by atoms with Crippen LogP contribution >= 0.6 is 0 Å². The van der Waals surface area contributed by atoms with E-state index in [2.05, 4.69) is 24.4 Å². The van der Waals surface area contributed by atoms with Crippen LogP contribution in [0, 0.1) is 5.92 Å². The van der Waals surface area contributed by atoms with Gasteiger partial charge in [-0.05, 0) is 55.7 Å². The van der Waals surface area contributed by atoms with Gasteiger partial charge in [0, 0.05) is 6.04 Å². The maximum absolute atomic E-state index is 12.2. The summed E-state index contributed by atoms with van der Waals surface area (Å²) in [6.45, 7) is 2.15. The molecule has 0 bridgehead atoms. The molecule has 1 saturated carbocycles. The molecular weight excluding hydrogens is 290 g/mol. The number of ether oxygens (including phenoxy) is 1. The summed E-state index contributed by atoms with van der Waals surface area (Å²) in [6, 6.07) is 5.31. The molecule has 2 N–H and O–H groups in total. The van der Waals surface area contributed by atoms with Crippen LogP contribution in [0.15, 0.2) is 30.4 Å². The Morgan fingerprint density at radius 2 is 2.09 bits per heavy atom. The first-order valence-corrected chi connectivity index (χ1v) is 8.44. The van der Waals surface area contributed by atoms with Gasteiger partial charge in [0.15, 0.2) is 11.5 Å². The number of allylic oxidation sites excluding steroid dienone is 2. The summed E-state index contributed by atoms with van der Waals surface area (Å²) in [4.78, 5) is 12.2. The van der Waals surface area contributed by atoms with Gasteiger partial charge in [0.1, 0.15) is 0 Å². The van der Waals surface area contributed by atoms with Crippen LogP contribution in [0.25, 0.3) is 0 Å².